The average Bonchev–Trinajstić information content (AvgIpc) is 2.39. The minimum absolute atomic E-state index is 0.249. The van der Waals surface area contributed by atoms with Crippen LogP contribution in [0.1, 0.15) is 5.56 Å². The fourth-order valence-corrected chi connectivity index (χ4v) is 2.53. The molecule has 19 heavy (non-hydrogen) atoms. The standard InChI is InChI=1S/C14H12Br2FNO/c1-19-14-7-11(4-5-12(14)15)18-8-9-2-3-10(17)6-13(9)16/h2-7,18H,8H2,1H3. The number of hydrogen-bond acceptors (Lipinski definition) is 2. The van der Waals surface area contributed by atoms with E-state index in [4.69, 9.17) is 4.74 Å². The zero-order valence-corrected chi connectivity index (χ0v) is 13.4. The van der Waals surface area contributed by atoms with E-state index in [0.717, 1.165) is 25.9 Å². The van der Waals surface area contributed by atoms with E-state index < -0.39 is 0 Å². The summed E-state index contributed by atoms with van der Waals surface area (Å²) in [6, 6.07) is 10.4. The predicted molar refractivity (Wildman–Crippen MR) is 82.1 cm³/mol. The maximum atomic E-state index is 13.0. The molecule has 2 rings (SSSR count). The molecule has 100 valence electrons. The van der Waals surface area contributed by atoms with Crippen LogP contribution in [0.4, 0.5) is 10.1 Å². The Morgan fingerprint density at radius 1 is 1.11 bits per heavy atom. The van der Waals surface area contributed by atoms with Crippen molar-refractivity contribution < 1.29 is 9.13 Å². The molecule has 0 saturated heterocycles. The van der Waals surface area contributed by atoms with Crippen LogP contribution >= 0.6 is 31.9 Å². The van der Waals surface area contributed by atoms with Crippen LogP contribution in [0.3, 0.4) is 0 Å². The zero-order valence-electron chi connectivity index (χ0n) is 10.2. The van der Waals surface area contributed by atoms with Crippen molar-refractivity contribution in [1.29, 1.82) is 0 Å². The summed E-state index contributed by atoms with van der Waals surface area (Å²) in [4.78, 5) is 0. The molecule has 2 aromatic rings. The first-order valence-electron chi connectivity index (χ1n) is 5.61. The number of methoxy groups -OCH3 is 1. The fourth-order valence-electron chi connectivity index (χ4n) is 1.63. The van der Waals surface area contributed by atoms with E-state index >= 15 is 0 Å². The second-order valence-electron chi connectivity index (χ2n) is 3.94. The van der Waals surface area contributed by atoms with E-state index in [0.29, 0.717) is 6.54 Å². The first kappa shape index (κ1) is 14.3. The molecule has 0 heterocycles. The van der Waals surface area contributed by atoms with Crippen LogP contribution in [0, 0.1) is 5.82 Å². The monoisotopic (exact) mass is 387 g/mol. The van der Waals surface area contributed by atoms with Crippen molar-refractivity contribution in [3.63, 3.8) is 0 Å². The van der Waals surface area contributed by atoms with Crippen LogP contribution < -0.4 is 10.1 Å². The van der Waals surface area contributed by atoms with Crippen molar-refractivity contribution in [3.8, 4) is 5.75 Å². The molecule has 0 bridgehead atoms. The third-order valence-electron chi connectivity index (χ3n) is 2.65. The highest BCUT2D eigenvalue weighted by Gasteiger charge is 2.04. The van der Waals surface area contributed by atoms with Gasteiger partial charge >= 0.3 is 0 Å². The summed E-state index contributed by atoms with van der Waals surface area (Å²) in [7, 11) is 1.63. The van der Waals surface area contributed by atoms with E-state index in [1.165, 1.54) is 12.1 Å². The van der Waals surface area contributed by atoms with Gasteiger partial charge < -0.3 is 10.1 Å². The normalized spacial score (nSPS) is 10.3. The van der Waals surface area contributed by atoms with Gasteiger partial charge in [-0.25, -0.2) is 4.39 Å². The molecule has 0 amide bonds. The van der Waals surface area contributed by atoms with Gasteiger partial charge in [-0.15, -0.1) is 0 Å². The summed E-state index contributed by atoms with van der Waals surface area (Å²) in [5, 5.41) is 3.27. The third kappa shape index (κ3) is 3.70. The van der Waals surface area contributed by atoms with Gasteiger partial charge in [0.25, 0.3) is 0 Å². The van der Waals surface area contributed by atoms with Crippen LogP contribution in [0.25, 0.3) is 0 Å². The highest BCUT2D eigenvalue weighted by Crippen LogP contribution is 2.28. The van der Waals surface area contributed by atoms with Gasteiger partial charge in [0, 0.05) is 22.8 Å². The third-order valence-corrected chi connectivity index (χ3v) is 4.04. The molecular weight excluding hydrogens is 377 g/mol. The van der Waals surface area contributed by atoms with Crippen molar-refractivity contribution >= 4 is 37.5 Å². The maximum Gasteiger partial charge on any atom is 0.135 e. The first-order chi connectivity index (χ1) is 9.10. The molecule has 0 aliphatic carbocycles. The highest BCUT2D eigenvalue weighted by atomic mass is 79.9. The summed E-state index contributed by atoms with van der Waals surface area (Å²) in [5.41, 5.74) is 1.93. The van der Waals surface area contributed by atoms with Crippen molar-refractivity contribution in [2.24, 2.45) is 0 Å². The summed E-state index contributed by atoms with van der Waals surface area (Å²) < 4.78 is 19.9. The van der Waals surface area contributed by atoms with Gasteiger partial charge in [0.1, 0.15) is 11.6 Å². The summed E-state index contributed by atoms with van der Waals surface area (Å²) in [6.45, 7) is 0.603. The Balaban J connectivity index is 2.10. The predicted octanol–water partition coefficient (Wildman–Crippen LogP) is 4.97. The second kappa shape index (κ2) is 6.39. The number of ether oxygens (including phenoxy) is 1. The Kier molecular flexibility index (Phi) is 4.82. The van der Waals surface area contributed by atoms with Crippen molar-refractivity contribution in [2.45, 2.75) is 6.54 Å². The molecule has 0 atom stereocenters. The van der Waals surface area contributed by atoms with E-state index in [-0.39, 0.29) is 5.82 Å². The summed E-state index contributed by atoms with van der Waals surface area (Å²) in [5.74, 6) is 0.518. The van der Waals surface area contributed by atoms with Crippen LogP contribution in [0.5, 0.6) is 5.75 Å². The Hall–Kier alpha value is -1.07. The van der Waals surface area contributed by atoms with Crippen molar-refractivity contribution in [3.05, 3.63) is 56.7 Å². The molecule has 0 fully saturated rings. The van der Waals surface area contributed by atoms with Crippen LogP contribution in [-0.2, 0) is 6.54 Å². The molecule has 0 saturated carbocycles. The van der Waals surface area contributed by atoms with Gasteiger partial charge in [0.2, 0.25) is 0 Å². The van der Waals surface area contributed by atoms with Gasteiger partial charge in [-0.2, -0.15) is 0 Å². The number of halogens is 3. The van der Waals surface area contributed by atoms with Gasteiger partial charge in [-0.05, 0) is 45.8 Å². The molecular formula is C14H12Br2FNO. The largest absolute Gasteiger partial charge is 0.495 e. The molecule has 0 aromatic heterocycles. The minimum atomic E-state index is -0.249. The summed E-state index contributed by atoms with van der Waals surface area (Å²) in [6.07, 6.45) is 0. The second-order valence-corrected chi connectivity index (χ2v) is 5.65. The lowest BCUT2D eigenvalue weighted by atomic mass is 10.2. The number of benzene rings is 2. The minimum Gasteiger partial charge on any atom is -0.495 e. The van der Waals surface area contributed by atoms with E-state index in [9.17, 15) is 4.39 Å². The molecule has 0 unspecified atom stereocenters. The van der Waals surface area contributed by atoms with E-state index in [1.807, 2.05) is 18.2 Å². The first-order valence-corrected chi connectivity index (χ1v) is 7.20. The molecule has 0 spiro atoms. The number of rotatable bonds is 4. The molecule has 2 aromatic carbocycles. The van der Waals surface area contributed by atoms with Crippen LogP contribution in [0.2, 0.25) is 0 Å². The Morgan fingerprint density at radius 3 is 2.58 bits per heavy atom. The molecule has 2 nitrogen and oxygen atoms in total. The highest BCUT2D eigenvalue weighted by molar-refractivity contribution is 9.10. The number of anilines is 1. The van der Waals surface area contributed by atoms with Gasteiger partial charge in [0.15, 0.2) is 0 Å². The van der Waals surface area contributed by atoms with Crippen LogP contribution in [0.15, 0.2) is 45.3 Å². The molecule has 1 N–H and O–H groups in total. The van der Waals surface area contributed by atoms with E-state index in [1.54, 1.807) is 13.2 Å². The van der Waals surface area contributed by atoms with Gasteiger partial charge in [-0.3, -0.25) is 0 Å². The zero-order chi connectivity index (χ0) is 13.8. The lowest BCUT2D eigenvalue weighted by Crippen LogP contribution is -2.00. The lowest BCUT2D eigenvalue weighted by molar-refractivity contribution is 0.412. The Labute approximate surface area is 128 Å². The molecule has 0 radical (unpaired) electrons. The van der Waals surface area contributed by atoms with Gasteiger partial charge in [-0.1, -0.05) is 22.0 Å². The SMILES string of the molecule is COc1cc(NCc2ccc(F)cc2Br)ccc1Br. The fraction of sp³-hybridized carbons (Fsp3) is 0.143. The topological polar surface area (TPSA) is 21.3 Å². The quantitative estimate of drug-likeness (QED) is 0.798. The molecule has 0 aliphatic heterocycles. The van der Waals surface area contributed by atoms with E-state index in [2.05, 4.69) is 37.2 Å². The van der Waals surface area contributed by atoms with Crippen molar-refractivity contribution in [2.75, 3.05) is 12.4 Å². The van der Waals surface area contributed by atoms with Crippen molar-refractivity contribution in [1.82, 2.24) is 0 Å². The van der Waals surface area contributed by atoms with Gasteiger partial charge in [0.05, 0.1) is 11.6 Å². The van der Waals surface area contributed by atoms with Crippen LogP contribution in [-0.4, -0.2) is 7.11 Å². The molecule has 5 heteroatoms. The Bertz CT molecular complexity index is 590. The smallest absolute Gasteiger partial charge is 0.135 e. The Morgan fingerprint density at radius 2 is 1.89 bits per heavy atom. The number of nitrogens with one attached hydrogen (secondary N) is 1. The maximum absolute atomic E-state index is 13.0. The molecule has 0 aliphatic rings. The average molecular weight is 389 g/mol. The summed E-state index contributed by atoms with van der Waals surface area (Å²) >= 11 is 6.75. The number of hydrogen-bond donors (Lipinski definition) is 1. The lowest BCUT2D eigenvalue weighted by Gasteiger charge is -2.10.